The number of allylic oxidation sites excluding steroid dienone is 1. The Morgan fingerprint density at radius 3 is 2.29 bits per heavy atom. The molecule has 0 saturated heterocycles. The van der Waals surface area contributed by atoms with Crippen molar-refractivity contribution < 1.29 is 0 Å². The predicted octanol–water partition coefficient (Wildman–Crippen LogP) is 3.40. The average Bonchev–Trinajstić information content (AvgIpc) is 2.30. The minimum Gasteiger partial charge on any atom is -0.132 e. The zero-order valence-electron chi connectivity index (χ0n) is 8.45. The largest absolute Gasteiger partial charge is 0.132 e. The monoisotopic (exact) mass is 182 g/mol. The fourth-order valence-corrected chi connectivity index (χ4v) is 2.21. The summed E-state index contributed by atoms with van der Waals surface area (Å²) in [4.78, 5) is 0. The molecule has 2 rings (SSSR count). The van der Waals surface area contributed by atoms with Crippen LogP contribution in [0.15, 0.2) is 41.9 Å². The fourth-order valence-electron chi connectivity index (χ4n) is 2.21. The third kappa shape index (κ3) is 2.09. The molecule has 1 aliphatic carbocycles. The second-order valence-electron chi connectivity index (χ2n) is 4.01. The maximum Gasteiger partial charge on any atom is 0.102 e. The van der Waals surface area contributed by atoms with Gasteiger partial charge < -0.3 is 0 Å². The van der Waals surface area contributed by atoms with E-state index >= 15 is 0 Å². The van der Waals surface area contributed by atoms with Gasteiger partial charge in [0.15, 0.2) is 0 Å². The van der Waals surface area contributed by atoms with Crippen LogP contribution in [0.3, 0.4) is 0 Å². The third-order valence-corrected chi connectivity index (χ3v) is 3.13. The Morgan fingerprint density at radius 1 is 1.07 bits per heavy atom. The van der Waals surface area contributed by atoms with Gasteiger partial charge in [0.25, 0.3) is 0 Å². The number of benzene rings is 1. The van der Waals surface area contributed by atoms with Gasteiger partial charge >= 0.3 is 0 Å². The average molecular weight is 182 g/mol. The molecule has 0 unspecified atom stereocenters. The second-order valence-corrected chi connectivity index (χ2v) is 4.01. The lowest BCUT2D eigenvalue weighted by Gasteiger charge is -2.24. The van der Waals surface area contributed by atoms with Crippen LogP contribution in [0.25, 0.3) is 0 Å². The first-order valence-corrected chi connectivity index (χ1v) is 5.34. The Hall–Kier alpha value is -0.975. The fraction of sp³-hybridized carbons (Fsp3) is 0.385. The SMILES string of the molecule is [B]C=C1CCC(c2ccccc2)CC1. The summed E-state index contributed by atoms with van der Waals surface area (Å²) in [5.74, 6) is 2.54. The molecule has 0 aliphatic heterocycles. The first-order valence-electron chi connectivity index (χ1n) is 5.34. The van der Waals surface area contributed by atoms with Crippen LogP contribution in [0, 0.1) is 0 Å². The number of hydrogen-bond acceptors (Lipinski definition) is 0. The van der Waals surface area contributed by atoms with Gasteiger partial charge in [-0.2, -0.15) is 0 Å². The van der Waals surface area contributed by atoms with Crippen molar-refractivity contribution in [2.45, 2.75) is 31.6 Å². The van der Waals surface area contributed by atoms with Crippen molar-refractivity contribution in [3.05, 3.63) is 47.4 Å². The Kier molecular flexibility index (Phi) is 3.08. The molecule has 0 bridgehead atoms. The summed E-state index contributed by atoms with van der Waals surface area (Å²) < 4.78 is 0. The topological polar surface area (TPSA) is 0 Å². The van der Waals surface area contributed by atoms with Crippen molar-refractivity contribution >= 4 is 7.85 Å². The highest BCUT2D eigenvalue weighted by Crippen LogP contribution is 2.34. The Balaban J connectivity index is 2.03. The van der Waals surface area contributed by atoms with Gasteiger partial charge in [0.05, 0.1) is 0 Å². The lowest BCUT2D eigenvalue weighted by atomic mass is 9.80. The van der Waals surface area contributed by atoms with E-state index in [0.29, 0.717) is 0 Å². The molecule has 0 spiro atoms. The summed E-state index contributed by atoms with van der Waals surface area (Å²) in [6.45, 7) is 0. The van der Waals surface area contributed by atoms with E-state index in [1.54, 1.807) is 5.98 Å². The molecule has 14 heavy (non-hydrogen) atoms. The Labute approximate surface area is 87.4 Å². The van der Waals surface area contributed by atoms with Crippen molar-refractivity contribution in [2.75, 3.05) is 0 Å². The van der Waals surface area contributed by atoms with Crippen LogP contribution in [0.2, 0.25) is 0 Å². The summed E-state index contributed by atoms with van der Waals surface area (Å²) in [5, 5.41) is 0. The van der Waals surface area contributed by atoms with Crippen molar-refractivity contribution in [3.63, 3.8) is 0 Å². The standard InChI is InChI=1S/C13H15B/c14-10-11-6-8-13(9-7-11)12-4-2-1-3-5-12/h1-5,10,13H,6-9H2. The molecule has 1 heteroatoms. The number of hydrogen-bond donors (Lipinski definition) is 0. The Bertz CT molecular complexity index is 303. The van der Waals surface area contributed by atoms with E-state index in [9.17, 15) is 0 Å². The molecule has 1 saturated carbocycles. The molecule has 1 aliphatic rings. The smallest absolute Gasteiger partial charge is 0.102 e. The van der Waals surface area contributed by atoms with E-state index in [1.807, 2.05) is 0 Å². The van der Waals surface area contributed by atoms with Gasteiger partial charge in [0.2, 0.25) is 0 Å². The van der Waals surface area contributed by atoms with Crippen molar-refractivity contribution in [3.8, 4) is 0 Å². The predicted molar refractivity (Wildman–Crippen MR) is 61.5 cm³/mol. The summed E-state index contributed by atoms with van der Waals surface area (Å²) in [7, 11) is 5.53. The Morgan fingerprint density at radius 2 is 1.71 bits per heavy atom. The molecule has 2 radical (unpaired) electrons. The molecule has 1 fully saturated rings. The summed E-state index contributed by atoms with van der Waals surface area (Å²) >= 11 is 0. The van der Waals surface area contributed by atoms with Gasteiger partial charge in [-0.15, -0.1) is 5.98 Å². The maximum atomic E-state index is 5.53. The van der Waals surface area contributed by atoms with Crippen LogP contribution in [0.5, 0.6) is 0 Å². The van der Waals surface area contributed by atoms with Crippen LogP contribution in [0.1, 0.15) is 37.2 Å². The molecule has 0 aromatic heterocycles. The van der Waals surface area contributed by atoms with Gasteiger partial charge in [-0.25, -0.2) is 0 Å². The summed E-state index contributed by atoms with van der Waals surface area (Å²) in [6.07, 6.45) is 4.87. The van der Waals surface area contributed by atoms with Gasteiger partial charge in [0, 0.05) is 0 Å². The van der Waals surface area contributed by atoms with E-state index in [1.165, 1.54) is 36.8 Å². The first kappa shape index (κ1) is 9.58. The van der Waals surface area contributed by atoms with E-state index in [4.69, 9.17) is 7.85 Å². The lowest BCUT2D eigenvalue weighted by Crippen LogP contribution is -2.06. The van der Waals surface area contributed by atoms with Crippen molar-refractivity contribution in [2.24, 2.45) is 0 Å². The molecule has 0 heterocycles. The lowest BCUT2D eigenvalue weighted by molar-refractivity contribution is 0.517. The first-order chi connectivity index (χ1) is 6.90. The molecule has 0 atom stereocenters. The van der Waals surface area contributed by atoms with E-state index < -0.39 is 0 Å². The minimum atomic E-state index is 0.750. The summed E-state index contributed by atoms with van der Waals surface area (Å²) in [5.41, 5.74) is 2.92. The molecule has 0 nitrogen and oxygen atoms in total. The van der Waals surface area contributed by atoms with Crippen LogP contribution in [-0.4, -0.2) is 7.85 Å². The quantitative estimate of drug-likeness (QED) is 0.584. The highest BCUT2D eigenvalue weighted by molar-refractivity contribution is 6.17. The van der Waals surface area contributed by atoms with Gasteiger partial charge in [-0.05, 0) is 37.2 Å². The van der Waals surface area contributed by atoms with Crippen LogP contribution in [0.4, 0.5) is 0 Å². The molecule has 0 amide bonds. The highest BCUT2D eigenvalue weighted by atomic mass is 14.2. The van der Waals surface area contributed by atoms with Crippen molar-refractivity contribution in [1.82, 2.24) is 0 Å². The van der Waals surface area contributed by atoms with E-state index in [2.05, 4.69) is 30.3 Å². The molecule has 1 aromatic carbocycles. The highest BCUT2D eigenvalue weighted by Gasteiger charge is 2.16. The van der Waals surface area contributed by atoms with Gasteiger partial charge in [-0.1, -0.05) is 35.9 Å². The molecule has 70 valence electrons. The van der Waals surface area contributed by atoms with Crippen molar-refractivity contribution in [1.29, 1.82) is 0 Å². The molecular weight excluding hydrogens is 167 g/mol. The normalized spacial score (nSPS) is 22.0. The van der Waals surface area contributed by atoms with Crippen LogP contribution < -0.4 is 0 Å². The molecule has 1 aromatic rings. The zero-order valence-corrected chi connectivity index (χ0v) is 8.45. The minimum absolute atomic E-state index is 0.750. The van der Waals surface area contributed by atoms with Gasteiger partial charge in [0.1, 0.15) is 7.85 Å². The van der Waals surface area contributed by atoms with Crippen LogP contribution in [-0.2, 0) is 0 Å². The van der Waals surface area contributed by atoms with Crippen LogP contribution >= 0.6 is 0 Å². The number of rotatable bonds is 1. The van der Waals surface area contributed by atoms with E-state index in [0.717, 1.165) is 5.92 Å². The summed E-state index contributed by atoms with van der Waals surface area (Å²) in [6, 6.07) is 10.8. The van der Waals surface area contributed by atoms with E-state index in [-0.39, 0.29) is 0 Å². The third-order valence-electron chi connectivity index (χ3n) is 3.13. The molecular formula is C13H15B. The maximum absolute atomic E-state index is 5.53. The zero-order chi connectivity index (χ0) is 9.80. The van der Waals surface area contributed by atoms with Gasteiger partial charge in [-0.3, -0.25) is 0 Å². The molecule has 0 N–H and O–H groups in total. The second kappa shape index (κ2) is 4.50.